The van der Waals surface area contributed by atoms with Gasteiger partial charge >= 0.3 is 12.3 Å². The molecule has 1 fully saturated rings. The van der Waals surface area contributed by atoms with Crippen LogP contribution in [0.4, 0.5) is 17.6 Å². The van der Waals surface area contributed by atoms with Crippen LogP contribution >= 0.6 is 0 Å². The highest BCUT2D eigenvalue weighted by molar-refractivity contribution is 4.80. The second-order valence-corrected chi connectivity index (χ2v) is 4.47. The molecule has 0 amide bonds. The Kier molecular flexibility index (Phi) is 4.98. The molecule has 0 aliphatic carbocycles. The molecule has 0 spiro atoms. The third kappa shape index (κ3) is 4.25. The normalized spacial score (nSPS) is 27.4. The molecule has 6 heteroatoms. The van der Waals surface area contributed by atoms with E-state index < -0.39 is 18.9 Å². The van der Waals surface area contributed by atoms with Crippen LogP contribution in [-0.2, 0) is 0 Å². The van der Waals surface area contributed by atoms with Crippen molar-refractivity contribution in [3.8, 4) is 0 Å². The van der Waals surface area contributed by atoms with Crippen molar-refractivity contribution >= 4 is 0 Å². The Labute approximate surface area is 92.8 Å². The van der Waals surface area contributed by atoms with Crippen LogP contribution in [0.15, 0.2) is 0 Å². The van der Waals surface area contributed by atoms with Crippen molar-refractivity contribution in [3.63, 3.8) is 0 Å². The van der Waals surface area contributed by atoms with Crippen molar-refractivity contribution in [2.75, 3.05) is 19.6 Å². The largest absolute Gasteiger partial charge is 0.319 e. The molecule has 1 aliphatic heterocycles. The van der Waals surface area contributed by atoms with Crippen molar-refractivity contribution in [3.05, 3.63) is 0 Å². The maximum atomic E-state index is 12.5. The van der Waals surface area contributed by atoms with Gasteiger partial charge in [0, 0.05) is 12.6 Å². The summed E-state index contributed by atoms with van der Waals surface area (Å²) in [4.78, 5) is 0. The van der Waals surface area contributed by atoms with Crippen LogP contribution in [-0.4, -0.2) is 38.0 Å². The van der Waals surface area contributed by atoms with Gasteiger partial charge in [0.15, 0.2) is 0 Å². The van der Waals surface area contributed by atoms with Gasteiger partial charge in [0.1, 0.15) is 0 Å². The van der Waals surface area contributed by atoms with Crippen LogP contribution in [0, 0.1) is 5.92 Å². The van der Waals surface area contributed by atoms with Crippen LogP contribution in [0.2, 0.25) is 0 Å². The number of halogens is 4. The number of nitrogens with one attached hydrogen (secondary N) is 2. The summed E-state index contributed by atoms with van der Waals surface area (Å²) in [6.07, 6.45) is -1.63. The van der Waals surface area contributed by atoms with Crippen molar-refractivity contribution in [2.24, 2.45) is 5.92 Å². The molecular formula is C10H18F4N2. The Morgan fingerprint density at radius 1 is 1.44 bits per heavy atom. The minimum absolute atomic E-state index is 0.109. The number of alkyl halides is 4. The maximum Gasteiger partial charge on any atom is 0.319 e. The molecule has 2 nitrogen and oxygen atoms in total. The Morgan fingerprint density at radius 2 is 2.12 bits per heavy atom. The summed E-state index contributed by atoms with van der Waals surface area (Å²) in [7, 11) is 0. The van der Waals surface area contributed by atoms with Crippen LogP contribution < -0.4 is 10.6 Å². The van der Waals surface area contributed by atoms with E-state index in [0.717, 1.165) is 19.4 Å². The lowest BCUT2D eigenvalue weighted by molar-refractivity contribution is -0.125. The van der Waals surface area contributed by atoms with Crippen molar-refractivity contribution in [2.45, 2.75) is 38.2 Å². The molecule has 1 saturated heterocycles. The van der Waals surface area contributed by atoms with Gasteiger partial charge in [-0.15, -0.1) is 0 Å². The molecule has 2 N–H and O–H groups in total. The zero-order valence-electron chi connectivity index (χ0n) is 9.28. The second kappa shape index (κ2) is 5.82. The lowest BCUT2D eigenvalue weighted by Crippen LogP contribution is -2.47. The van der Waals surface area contributed by atoms with Gasteiger partial charge in [-0.2, -0.15) is 8.78 Å². The molecule has 0 radical (unpaired) electrons. The fraction of sp³-hybridized carbons (Fsp3) is 1.00. The number of hydrogen-bond donors (Lipinski definition) is 2. The summed E-state index contributed by atoms with van der Waals surface area (Å²) in [5, 5.41) is 5.57. The lowest BCUT2D eigenvalue weighted by Gasteiger charge is -2.29. The summed E-state index contributed by atoms with van der Waals surface area (Å²) in [5.74, 6) is -3.37. The van der Waals surface area contributed by atoms with E-state index in [2.05, 4.69) is 17.6 Å². The molecular weight excluding hydrogens is 224 g/mol. The van der Waals surface area contributed by atoms with Crippen LogP contribution in [0.5, 0.6) is 0 Å². The van der Waals surface area contributed by atoms with Crippen LogP contribution in [0.1, 0.15) is 19.8 Å². The molecule has 1 rings (SSSR count). The van der Waals surface area contributed by atoms with Gasteiger partial charge in [0.05, 0.1) is 6.54 Å². The quantitative estimate of drug-likeness (QED) is 0.719. The molecule has 0 aromatic heterocycles. The third-order valence-electron chi connectivity index (χ3n) is 2.83. The Bertz CT molecular complexity index is 211. The third-order valence-corrected chi connectivity index (χ3v) is 2.83. The molecule has 96 valence electrons. The van der Waals surface area contributed by atoms with E-state index >= 15 is 0 Å². The van der Waals surface area contributed by atoms with E-state index in [-0.39, 0.29) is 6.04 Å². The molecule has 1 heterocycles. The average molecular weight is 242 g/mol. The summed E-state index contributed by atoms with van der Waals surface area (Å²) in [6, 6.07) is 0.109. The predicted molar refractivity (Wildman–Crippen MR) is 54.0 cm³/mol. The molecule has 0 saturated carbocycles. The Balaban J connectivity index is 2.20. The fourth-order valence-electron chi connectivity index (χ4n) is 1.87. The first-order chi connectivity index (χ1) is 7.42. The van der Waals surface area contributed by atoms with Crippen molar-refractivity contribution < 1.29 is 17.6 Å². The first-order valence-electron chi connectivity index (χ1n) is 5.52. The van der Waals surface area contributed by atoms with Gasteiger partial charge in [-0.25, -0.2) is 8.78 Å². The molecule has 0 aromatic rings. The zero-order chi connectivity index (χ0) is 12.2. The smallest absolute Gasteiger partial charge is 0.313 e. The summed E-state index contributed by atoms with van der Waals surface area (Å²) in [5.41, 5.74) is 0. The van der Waals surface area contributed by atoms with E-state index in [1.807, 2.05) is 0 Å². The monoisotopic (exact) mass is 242 g/mol. The van der Waals surface area contributed by atoms with E-state index in [1.54, 1.807) is 0 Å². The summed E-state index contributed by atoms with van der Waals surface area (Å²) < 4.78 is 48.8. The highest BCUT2D eigenvalue weighted by Crippen LogP contribution is 2.21. The zero-order valence-corrected chi connectivity index (χ0v) is 9.28. The molecule has 2 unspecified atom stereocenters. The maximum absolute atomic E-state index is 12.5. The SMILES string of the molecule is CC1CCNC(CNCC(F)(F)C(F)F)C1. The molecule has 0 bridgehead atoms. The summed E-state index contributed by atoms with van der Waals surface area (Å²) >= 11 is 0. The van der Waals surface area contributed by atoms with E-state index in [9.17, 15) is 17.6 Å². The molecule has 2 atom stereocenters. The first-order valence-corrected chi connectivity index (χ1v) is 5.52. The molecule has 1 aliphatic rings. The summed E-state index contributed by atoms with van der Waals surface area (Å²) in [6.45, 7) is 2.31. The van der Waals surface area contributed by atoms with E-state index in [1.165, 1.54) is 0 Å². The van der Waals surface area contributed by atoms with Gasteiger partial charge in [0.2, 0.25) is 0 Å². The minimum Gasteiger partial charge on any atom is -0.313 e. The highest BCUT2D eigenvalue weighted by Gasteiger charge is 2.40. The second-order valence-electron chi connectivity index (χ2n) is 4.47. The molecule has 16 heavy (non-hydrogen) atoms. The topological polar surface area (TPSA) is 24.1 Å². The number of hydrogen-bond acceptors (Lipinski definition) is 2. The van der Waals surface area contributed by atoms with Gasteiger partial charge < -0.3 is 10.6 Å². The highest BCUT2D eigenvalue weighted by atomic mass is 19.3. The van der Waals surface area contributed by atoms with Gasteiger partial charge in [-0.3, -0.25) is 0 Å². The average Bonchev–Trinajstić information content (AvgIpc) is 2.17. The Hall–Kier alpha value is -0.360. The van der Waals surface area contributed by atoms with Gasteiger partial charge in [-0.05, 0) is 25.3 Å². The number of piperidine rings is 1. The van der Waals surface area contributed by atoms with Crippen LogP contribution in [0.25, 0.3) is 0 Å². The standard InChI is InChI=1S/C10H18F4N2/c1-7-2-3-16-8(4-7)5-15-6-10(13,14)9(11)12/h7-9,15-16H,2-6H2,1H3. The van der Waals surface area contributed by atoms with E-state index in [0.29, 0.717) is 12.5 Å². The lowest BCUT2D eigenvalue weighted by atomic mass is 9.94. The van der Waals surface area contributed by atoms with Crippen molar-refractivity contribution in [1.29, 1.82) is 0 Å². The Morgan fingerprint density at radius 3 is 2.69 bits per heavy atom. The first kappa shape index (κ1) is 13.7. The predicted octanol–water partition coefficient (Wildman–Crippen LogP) is 1.86. The van der Waals surface area contributed by atoms with Crippen molar-refractivity contribution in [1.82, 2.24) is 10.6 Å². The minimum atomic E-state index is -3.93. The fourth-order valence-corrected chi connectivity index (χ4v) is 1.87. The number of rotatable bonds is 5. The molecule has 0 aromatic carbocycles. The van der Waals surface area contributed by atoms with E-state index in [4.69, 9.17) is 0 Å². The van der Waals surface area contributed by atoms with Gasteiger partial charge in [0.25, 0.3) is 0 Å². The van der Waals surface area contributed by atoms with Crippen LogP contribution in [0.3, 0.4) is 0 Å². The van der Waals surface area contributed by atoms with Gasteiger partial charge in [-0.1, -0.05) is 6.92 Å².